The molecule has 2 aromatic rings. The van der Waals surface area contributed by atoms with Crippen molar-refractivity contribution in [3.8, 4) is 10.6 Å². The van der Waals surface area contributed by atoms with E-state index in [1.165, 1.54) is 21.6 Å². The monoisotopic (exact) mass is 246 g/mol. The number of benzene rings is 1. The Bertz CT molecular complexity index is 503. The molecule has 2 nitrogen and oxygen atoms in total. The van der Waals surface area contributed by atoms with Crippen LogP contribution >= 0.6 is 11.3 Å². The molecule has 3 heteroatoms. The minimum absolute atomic E-state index is 0.916. The van der Waals surface area contributed by atoms with Crippen LogP contribution in [0, 0.1) is 13.8 Å². The van der Waals surface area contributed by atoms with Gasteiger partial charge in [-0.2, -0.15) is 0 Å². The second-order valence-electron chi connectivity index (χ2n) is 4.23. The first kappa shape index (κ1) is 12.3. The summed E-state index contributed by atoms with van der Waals surface area (Å²) in [6, 6.07) is 6.52. The van der Waals surface area contributed by atoms with Crippen LogP contribution in [0.2, 0.25) is 0 Å². The normalized spacial score (nSPS) is 10.8. The molecule has 0 saturated heterocycles. The smallest absolute Gasteiger partial charge is 0.123 e. The van der Waals surface area contributed by atoms with Crippen LogP contribution in [-0.2, 0) is 6.54 Å². The third kappa shape index (κ3) is 2.93. The van der Waals surface area contributed by atoms with E-state index in [1.54, 1.807) is 11.3 Å². The van der Waals surface area contributed by atoms with Gasteiger partial charge in [0.05, 0.1) is 0 Å². The lowest BCUT2D eigenvalue weighted by atomic mass is 10.1. The fourth-order valence-corrected chi connectivity index (χ4v) is 2.69. The summed E-state index contributed by atoms with van der Waals surface area (Å²) in [6.07, 6.45) is 1.98. The molecule has 0 amide bonds. The van der Waals surface area contributed by atoms with Crippen molar-refractivity contribution in [2.24, 2.45) is 0 Å². The van der Waals surface area contributed by atoms with Crippen LogP contribution < -0.4 is 5.32 Å². The van der Waals surface area contributed by atoms with Crippen LogP contribution in [-0.4, -0.2) is 11.5 Å². The van der Waals surface area contributed by atoms with E-state index in [9.17, 15) is 0 Å². The highest BCUT2D eigenvalue weighted by Crippen LogP contribution is 2.28. The minimum atomic E-state index is 0.916. The van der Waals surface area contributed by atoms with Gasteiger partial charge >= 0.3 is 0 Å². The molecule has 0 bridgehead atoms. The van der Waals surface area contributed by atoms with Gasteiger partial charge in [-0.25, -0.2) is 4.98 Å². The van der Waals surface area contributed by atoms with Crippen LogP contribution in [0.5, 0.6) is 0 Å². The number of aromatic nitrogens is 1. The summed E-state index contributed by atoms with van der Waals surface area (Å²) in [5.41, 5.74) is 3.84. The molecule has 0 unspecified atom stereocenters. The molecule has 1 heterocycles. The topological polar surface area (TPSA) is 24.9 Å². The van der Waals surface area contributed by atoms with Crippen LogP contribution in [0.15, 0.2) is 24.4 Å². The van der Waals surface area contributed by atoms with Gasteiger partial charge in [-0.1, -0.05) is 24.6 Å². The average molecular weight is 246 g/mol. The lowest BCUT2D eigenvalue weighted by molar-refractivity contribution is 0.734. The van der Waals surface area contributed by atoms with E-state index in [2.05, 4.69) is 49.3 Å². The van der Waals surface area contributed by atoms with Crippen molar-refractivity contribution in [3.63, 3.8) is 0 Å². The van der Waals surface area contributed by atoms with Crippen molar-refractivity contribution in [2.45, 2.75) is 27.3 Å². The first-order valence-electron chi connectivity index (χ1n) is 5.93. The fraction of sp³-hybridized carbons (Fsp3) is 0.357. The van der Waals surface area contributed by atoms with Gasteiger partial charge in [-0.15, -0.1) is 11.3 Å². The van der Waals surface area contributed by atoms with Crippen LogP contribution in [0.3, 0.4) is 0 Å². The van der Waals surface area contributed by atoms with E-state index in [-0.39, 0.29) is 0 Å². The summed E-state index contributed by atoms with van der Waals surface area (Å²) in [5, 5.41) is 4.45. The van der Waals surface area contributed by atoms with Gasteiger partial charge in [-0.05, 0) is 32.0 Å². The first-order chi connectivity index (χ1) is 8.20. The van der Waals surface area contributed by atoms with E-state index < -0.39 is 0 Å². The molecule has 0 radical (unpaired) electrons. The van der Waals surface area contributed by atoms with Crippen LogP contribution in [0.25, 0.3) is 10.6 Å². The number of nitrogens with zero attached hydrogens (tertiary/aromatic N) is 1. The summed E-state index contributed by atoms with van der Waals surface area (Å²) in [4.78, 5) is 5.81. The Kier molecular flexibility index (Phi) is 3.92. The Balaban J connectivity index is 2.27. The molecule has 17 heavy (non-hydrogen) atoms. The van der Waals surface area contributed by atoms with Gasteiger partial charge in [0.1, 0.15) is 5.01 Å². The number of nitrogens with one attached hydrogen (secondary N) is 1. The Hall–Kier alpha value is -1.19. The summed E-state index contributed by atoms with van der Waals surface area (Å²) < 4.78 is 0. The fourth-order valence-electron chi connectivity index (χ4n) is 1.73. The predicted octanol–water partition coefficient (Wildman–Crippen LogP) is 3.54. The molecule has 2 rings (SSSR count). The second kappa shape index (κ2) is 5.43. The Morgan fingerprint density at radius 3 is 2.88 bits per heavy atom. The number of thiazole rings is 1. The van der Waals surface area contributed by atoms with Crippen LogP contribution in [0.1, 0.15) is 22.9 Å². The molecule has 1 aromatic carbocycles. The van der Waals surface area contributed by atoms with Gasteiger partial charge in [0.2, 0.25) is 0 Å². The van der Waals surface area contributed by atoms with Gasteiger partial charge < -0.3 is 5.32 Å². The van der Waals surface area contributed by atoms with Crippen molar-refractivity contribution < 1.29 is 0 Å². The molecule has 0 fully saturated rings. The Morgan fingerprint density at radius 2 is 2.12 bits per heavy atom. The van der Waals surface area contributed by atoms with Crippen LogP contribution in [0.4, 0.5) is 0 Å². The zero-order valence-electron chi connectivity index (χ0n) is 10.6. The number of hydrogen-bond acceptors (Lipinski definition) is 3. The van der Waals surface area contributed by atoms with Crippen molar-refractivity contribution in [2.75, 3.05) is 6.54 Å². The van der Waals surface area contributed by atoms with E-state index in [0.29, 0.717) is 0 Å². The molecule has 0 saturated carbocycles. The number of hydrogen-bond donors (Lipinski definition) is 1. The standard InChI is InChI=1S/C14H18N2S/c1-4-15-8-12-9-16-14(17-12)13-7-10(2)5-6-11(13)3/h5-7,9,15H,4,8H2,1-3H3. The van der Waals surface area contributed by atoms with Gasteiger partial charge in [-0.3, -0.25) is 0 Å². The van der Waals surface area contributed by atoms with Crippen molar-refractivity contribution in [1.29, 1.82) is 0 Å². The van der Waals surface area contributed by atoms with Crippen molar-refractivity contribution in [1.82, 2.24) is 10.3 Å². The molecular formula is C14H18N2S. The lowest BCUT2D eigenvalue weighted by Crippen LogP contribution is -2.10. The first-order valence-corrected chi connectivity index (χ1v) is 6.75. The predicted molar refractivity (Wildman–Crippen MR) is 74.4 cm³/mol. The third-order valence-electron chi connectivity index (χ3n) is 2.73. The van der Waals surface area contributed by atoms with Gasteiger partial charge in [0.25, 0.3) is 0 Å². The molecule has 0 aliphatic heterocycles. The van der Waals surface area contributed by atoms with E-state index >= 15 is 0 Å². The zero-order chi connectivity index (χ0) is 12.3. The molecule has 0 aliphatic rings. The summed E-state index contributed by atoms with van der Waals surface area (Å²) in [6.45, 7) is 8.29. The SMILES string of the molecule is CCNCc1cnc(-c2cc(C)ccc2C)s1. The van der Waals surface area contributed by atoms with Crippen molar-refractivity contribution >= 4 is 11.3 Å². The summed E-state index contributed by atoms with van der Waals surface area (Å²) >= 11 is 1.78. The second-order valence-corrected chi connectivity index (χ2v) is 5.35. The molecule has 1 aromatic heterocycles. The van der Waals surface area contributed by atoms with Gasteiger partial charge in [0.15, 0.2) is 0 Å². The third-order valence-corrected chi connectivity index (χ3v) is 3.76. The average Bonchev–Trinajstić information content (AvgIpc) is 2.78. The maximum atomic E-state index is 4.52. The molecule has 1 N–H and O–H groups in total. The lowest BCUT2D eigenvalue weighted by Gasteiger charge is -2.03. The van der Waals surface area contributed by atoms with E-state index in [4.69, 9.17) is 0 Å². The molecule has 0 atom stereocenters. The summed E-state index contributed by atoms with van der Waals surface area (Å²) in [5.74, 6) is 0. The Morgan fingerprint density at radius 1 is 1.29 bits per heavy atom. The van der Waals surface area contributed by atoms with Crippen molar-refractivity contribution in [3.05, 3.63) is 40.4 Å². The maximum absolute atomic E-state index is 4.52. The number of rotatable bonds is 4. The number of aryl methyl sites for hydroxylation is 2. The molecular weight excluding hydrogens is 228 g/mol. The maximum Gasteiger partial charge on any atom is 0.123 e. The van der Waals surface area contributed by atoms with Gasteiger partial charge in [0, 0.05) is 23.2 Å². The summed E-state index contributed by atoms with van der Waals surface area (Å²) in [7, 11) is 0. The quantitative estimate of drug-likeness (QED) is 0.892. The Labute approximate surface area is 107 Å². The molecule has 0 spiro atoms. The van der Waals surface area contributed by atoms with E-state index in [1.807, 2.05) is 6.20 Å². The highest BCUT2D eigenvalue weighted by Gasteiger charge is 2.07. The van der Waals surface area contributed by atoms with E-state index in [0.717, 1.165) is 18.1 Å². The highest BCUT2D eigenvalue weighted by atomic mass is 32.1. The largest absolute Gasteiger partial charge is 0.312 e. The minimum Gasteiger partial charge on any atom is -0.312 e. The zero-order valence-corrected chi connectivity index (χ0v) is 11.4. The highest BCUT2D eigenvalue weighted by molar-refractivity contribution is 7.15. The molecule has 90 valence electrons. The molecule has 0 aliphatic carbocycles.